The van der Waals surface area contributed by atoms with Gasteiger partial charge in [0.25, 0.3) is 0 Å². The molecular weight excluding hydrogens is 306 g/mol. The van der Waals surface area contributed by atoms with Gasteiger partial charge in [0.2, 0.25) is 5.91 Å². The second kappa shape index (κ2) is 6.13. The molecule has 3 heterocycles. The van der Waals surface area contributed by atoms with Crippen molar-refractivity contribution in [2.24, 2.45) is 0 Å². The Morgan fingerprint density at radius 3 is 3.09 bits per heavy atom. The van der Waals surface area contributed by atoms with E-state index in [0.717, 1.165) is 43.1 Å². The van der Waals surface area contributed by atoms with E-state index in [9.17, 15) is 4.79 Å². The summed E-state index contributed by atoms with van der Waals surface area (Å²) in [4.78, 5) is 21.8. The first-order valence-corrected chi connectivity index (χ1v) is 9.20. The summed E-state index contributed by atoms with van der Waals surface area (Å²) in [5, 5.41) is 2.13. The lowest BCUT2D eigenvalue weighted by atomic mass is 10.1. The molecule has 1 aromatic carbocycles. The summed E-state index contributed by atoms with van der Waals surface area (Å²) in [6, 6.07) is 10.7. The lowest BCUT2D eigenvalue weighted by Gasteiger charge is -2.34. The second-order valence-electron chi connectivity index (χ2n) is 6.41. The van der Waals surface area contributed by atoms with Crippen LogP contribution in [0, 0.1) is 6.92 Å². The SMILES string of the molecule is Cc1cc(SCC(=O)N2CCN3CCC2C3)nc2ccccc12. The maximum Gasteiger partial charge on any atom is 0.233 e. The molecule has 2 saturated heterocycles. The number of rotatable bonds is 3. The number of aromatic nitrogens is 1. The highest BCUT2D eigenvalue weighted by atomic mass is 32.2. The Balaban J connectivity index is 1.45. The van der Waals surface area contributed by atoms with Gasteiger partial charge in [0.15, 0.2) is 0 Å². The first-order valence-electron chi connectivity index (χ1n) is 8.22. The Labute approximate surface area is 140 Å². The van der Waals surface area contributed by atoms with E-state index in [1.807, 2.05) is 18.2 Å². The number of aryl methyl sites for hydroxylation is 1. The van der Waals surface area contributed by atoms with Crippen molar-refractivity contribution in [1.29, 1.82) is 0 Å². The van der Waals surface area contributed by atoms with Gasteiger partial charge in [-0.3, -0.25) is 9.69 Å². The molecule has 0 saturated carbocycles. The van der Waals surface area contributed by atoms with Crippen LogP contribution in [0.4, 0.5) is 0 Å². The van der Waals surface area contributed by atoms with Crippen LogP contribution in [0.15, 0.2) is 35.4 Å². The molecule has 5 heteroatoms. The molecule has 0 N–H and O–H groups in total. The average molecular weight is 327 g/mol. The van der Waals surface area contributed by atoms with Crippen molar-refractivity contribution in [3.05, 3.63) is 35.9 Å². The smallest absolute Gasteiger partial charge is 0.233 e. The minimum atomic E-state index is 0.258. The molecule has 2 atom stereocenters. The third kappa shape index (κ3) is 2.95. The molecular formula is C18H21N3OS. The Kier molecular flexibility index (Phi) is 3.99. The van der Waals surface area contributed by atoms with Gasteiger partial charge in [0.05, 0.1) is 16.3 Å². The van der Waals surface area contributed by atoms with Crippen LogP contribution in [-0.4, -0.2) is 58.7 Å². The average Bonchev–Trinajstić information content (AvgIpc) is 2.94. The van der Waals surface area contributed by atoms with Crippen LogP contribution < -0.4 is 0 Å². The van der Waals surface area contributed by atoms with Crippen molar-refractivity contribution in [2.75, 3.05) is 31.9 Å². The molecule has 0 spiro atoms. The monoisotopic (exact) mass is 327 g/mol. The van der Waals surface area contributed by atoms with Gasteiger partial charge < -0.3 is 4.90 Å². The summed E-state index contributed by atoms with van der Waals surface area (Å²) in [7, 11) is 0. The van der Waals surface area contributed by atoms with E-state index >= 15 is 0 Å². The minimum absolute atomic E-state index is 0.258. The number of thioether (sulfide) groups is 1. The molecule has 2 aliphatic heterocycles. The van der Waals surface area contributed by atoms with E-state index < -0.39 is 0 Å². The first-order chi connectivity index (χ1) is 11.2. The summed E-state index contributed by atoms with van der Waals surface area (Å²) in [5.74, 6) is 0.746. The second-order valence-corrected chi connectivity index (χ2v) is 7.41. The van der Waals surface area contributed by atoms with Crippen LogP contribution >= 0.6 is 11.8 Å². The molecule has 4 nitrogen and oxygen atoms in total. The predicted molar refractivity (Wildman–Crippen MR) is 93.8 cm³/mol. The van der Waals surface area contributed by atoms with Gasteiger partial charge >= 0.3 is 0 Å². The number of hydrogen-bond donors (Lipinski definition) is 0. The quantitative estimate of drug-likeness (QED) is 0.812. The first kappa shape index (κ1) is 15.0. The van der Waals surface area contributed by atoms with Gasteiger partial charge in [0, 0.05) is 37.6 Å². The van der Waals surface area contributed by atoms with Crippen molar-refractivity contribution in [1.82, 2.24) is 14.8 Å². The normalized spacial score (nSPS) is 23.4. The zero-order chi connectivity index (χ0) is 15.8. The predicted octanol–water partition coefficient (Wildman–Crippen LogP) is 2.55. The van der Waals surface area contributed by atoms with Gasteiger partial charge in [0.1, 0.15) is 0 Å². The van der Waals surface area contributed by atoms with Gasteiger partial charge in [-0.05, 0) is 31.0 Å². The minimum Gasteiger partial charge on any atom is -0.336 e. The summed E-state index contributed by atoms with van der Waals surface area (Å²) in [5.41, 5.74) is 2.22. The lowest BCUT2D eigenvalue weighted by molar-refractivity contribution is -0.131. The molecule has 0 radical (unpaired) electrons. The molecule has 120 valence electrons. The number of carbonyl (C=O) groups excluding carboxylic acids is 1. The number of nitrogens with zero attached hydrogens (tertiary/aromatic N) is 3. The number of benzene rings is 1. The standard InChI is InChI=1S/C18H21N3OS/c1-13-10-17(19-16-5-3-2-4-15(13)16)23-12-18(22)21-9-8-20-7-6-14(21)11-20/h2-5,10,14H,6-9,11-12H2,1H3. The molecule has 2 fully saturated rings. The largest absolute Gasteiger partial charge is 0.336 e. The summed E-state index contributed by atoms with van der Waals surface area (Å²) in [6.07, 6.45) is 1.13. The van der Waals surface area contributed by atoms with Gasteiger partial charge in [-0.1, -0.05) is 30.0 Å². The molecule has 2 aliphatic rings. The van der Waals surface area contributed by atoms with Crippen molar-refractivity contribution in [3.8, 4) is 0 Å². The highest BCUT2D eigenvalue weighted by Crippen LogP contribution is 2.25. The third-order valence-electron chi connectivity index (χ3n) is 4.91. The van der Waals surface area contributed by atoms with Gasteiger partial charge in [-0.25, -0.2) is 4.98 Å². The molecule has 2 bridgehead atoms. The number of para-hydroxylation sites is 1. The molecule has 1 aromatic heterocycles. The zero-order valence-electron chi connectivity index (χ0n) is 13.4. The maximum absolute atomic E-state index is 12.6. The number of amides is 1. The van der Waals surface area contributed by atoms with Crippen molar-refractivity contribution < 1.29 is 4.79 Å². The molecule has 2 unspecified atom stereocenters. The Morgan fingerprint density at radius 1 is 1.30 bits per heavy atom. The zero-order valence-corrected chi connectivity index (χ0v) is 14.2. The molecule has 23 heavy (non-hydrogen) atoms. The Hall–Kier alpha value is -1.59. The fourth-order valence-electron chi connectivity index (χ4n) is 3.64. The summed E-state index contributed by atoms with van der Waals surface area (Å²) >= 11 is 1.56. The van der Waals surface area contributed by atoms with Crippen LogP contribution in [0.5, 0.6) is 0 Å². The van der Waals surface area contributed by atoms with Crippen molar-refractivity contribution in [2.45, 2.75) is 24.4 Å². The molecule has 1 amide bonds. The number of hydrogen-bond acceptors (Lipinski definition) is 4. The molecule has 0 aliphatic carbocycles. The summed E-state index contributed by atoms with van der Waals surface area (Å²) in [6.45, 7) is 6.22. The molecule has 2 aromatic rings. The van der Waals surface area contributed by atoms with Gasteiger partial charge in [-0.15, -0.1) is 0 Å². The Morgan fingerprint density at radius 2 is 2.17 bits per heavy atom. The number of fused-ring (bicyclic) bond motifs is 3. The van der Waals surface area contributed by atoms with E-state index in [1.54, 1.807) is 11.8 Å². The van der Waals surface area contributed by atoms with E-state index in [4.69, 9.17) is 0 Å². The van der Waals surface area contributed by atoms with E-state index in [-0.39, 0.29) is 5.91 Å². The van der Waals surface area contributed by atoms with Crippen molar-refractivity contribution in [3.63, 3.8) is 0 Å². The number of piperazine rings is 1. The fraction of sp³-hybridized carbons (Fsp3) is 0.444. The topological polar surface area (TPSA) is 36.4 Å². The van der Waals surface area contributed by atoms with Crippen LogP contribution in [0.25, 0.3) is 10.9 Å². The lowest BCUT2D eigenvalue weighted by Crippen LogP contribution is -2.50. The number of carbonyl (C=O) groups is 1. The van der Waals surface area contributed by atoms with E-state index in [2.05, 4.69) is 33.8 Å². The fourth-order valence-corrected chi connectivity index (χ4v) is 4.50. The van der Waals surface area contributed by atoms with Crippen LogP contribution in [0.1, 0.15) is 12.0 Å². The van der Waals surface area contributed by atoms with Gasteiger partial charge in [-0.2, -0.15) is 0 Å². The summed E-state index contributed by atoms with van der Waals surface area (Å²) < 4.78 is 0. The Bertz CT molecular complexity index is 748. The highest BCUT2D eigenvalue weighted by Gasteiger charge is 2.34. The maximum atomic E-state index is 12.6. The van der Waals surface area contributed by atoms with Crippen LogP contribution in [0.3, 0.4) is 0 Å². The molecule has 4 rings (SSSR count). The number of pyridine rings is 1. The van der Waals surface area contributed by atoms with Crippen LogP contribution in [0.2, 0.25) is 0 Å². The van der Waals surface area contributed by atoms with E-state index in [1.165, 1.54) is 10.9 Å². The highest BCUT2D eigenvalue weighted by molar-refractivity contribution is 7.99. The van der Waals surface area contributed by atoms with Crippen molar-refractivity contribution >= 4 is 28.6 Å². The third-order valence-corrected chi connectivity index (χ3v) is 5.80. The van der Waals surface area contributed by atoms with Crippen LogP contribution in [-0.2, 0) is 4.79 Å². The van der Waals surface area contributed by atoms with E-state index in [0.29, 0.717) is 11.8 Å².